The van der Waals surface area contributed by atoms with E-state index in [2.05, 4.69) is 29.3 Å². The van der Waals surface area contributed by atoms with Gasteiger partial charge in [0.05, 0.1) is 0 Å². The summed E-state index contributed by atoms with van der Waals surface area (Å²) in [6.45, 7) is 6.08. The molecular weight excluding hydrogens is 280 g/mol. The highest BCUT2D eigenvalue weighted by Crippen LogP contribution is 2.40. The molecule has 2 nitrogen and oxygen atoms in total. The molecule has 0 aromatic heterocycles. The molecule has 1 aromatic rings. The van der Waals surface area contributed by atoms with E-state index < -0.39 is 0 Å². The number of nitrogens with one attached hydrogen (secondary N) is 1. The second-order valence-corrected chi connectivity index (χ2v) is 7.08. The largest absolute Gasteiger partial charge is 0.311 e. The van der Waals surface area contributed by atoms with Crippen molar-refractivity contribution in [3.63, 3.8) is 0 Å². The van der Waals surface area contributed by atoms with Crippen LogP contribution < -0.4 is 5.32 Å². The van der Waals surface area contributed by atoms with E-state index >= 15 is 0 Å². The highest BCUT2D eigenvalue weighted by molar-refractivity contribution is 6.31. The van der Waals surface area contributed by atoms with Crippen molar-refractivity contribution in [2.45, 2.75) is 57.0 Å². The van der Waals surface area contributed by atoms with Gasteiger partial charge >= 0.3 is 0 Å². The van der Waals surface area contributed by atoms with Gasteiger partial charge in [-0.1, -0.05) is 36.7 Å². The first kappa shape index (κ1) is 15.3. The second-order valence-electron chi connectivity index (χ2n) is 6.67. The maximum atomic E-state index is 6.29. The average Bonchev–Trinajstić information content (AvgIpc) is 2.46. The SMILES string of the molecule is CCCN1CCC(NC2CC(c3ccccc3Cl)C2)CC1. The van der Waals surface area contributed by atoms with Gasteiger partial charge in [-0.2, -0.15) is 0 Å². The molecule has 0 unspecified atom stereocenters. The van der Waals surface area contributed by atoms with Gasteiger partial charge in [-0.25, -0.2) is 0 Å². The standard InChI is InChI=1S/C18H27ClN2/c1-2-9-21-10-7-15(8-11-21)20-16-12-14(13-16)17-5-3-4-6-18(17)19/h3-6,14-16,20H,2,7-13H2,1H3. The maximum Gasteiger partial charge on any atom is 0.0440 e. The first-order chi connectivity index (χ1) is 10.3. The summed E-state index contributed by atoms with van der Waals surface area (Å²) in [4.78, 5) is 2.60. The van der Waals surface area contributed by atoms with Crippen LogP contribution in [-0.4, -0.2) is 36.6 Å². The van der Waals surface area contributed by atoms with Crippen LogP contribution in [0.4, 0.5) is 0 Å². The third-order valence-electron chi connectivity index (χ3n) is 5.08. The zero-order valence-electron chi connectivity index (χ0n) is 13.0. The molecule has 3 heteroatoms. The molecule has 0 atom stereocenters. The van der Waals surface area contributed by atoms with Crippen molar-refractivity contribution in [1.82, 2.24) is 10.2 Å². The van der Waals surface area contributed by atoms with Crippen LogP contribution in [0.25, 0.3) is 0 Å². The Balaban J connectivity index is 1.41. The molecule has 1 N–H and O–H groups in total. The topological polar surface area (TPSA) is 15.3 Å². The Kier molecular flexibility index (Phi) is 5.20. The number of hydrogen-bond acceptors (Lipinski definition) is 2. The molecule has 0 radical (unpaired) electrons. The average molecular weight is 307 g/mol. The lowest BCUT2D eigenvalue weighted by atomic mass is 9.75. The third-order valence-corrected chi connectivity index (χ3v) is 5.43. The van der Waals surface area contributed by atoms with Crippen molar-refractivity contribution in [1.29, 1.82) is 0 Å². The number of rotatable bonds is 5. The number of benzene rings is 1. The summed E-state index contributed by atoms with van der Waals surface area (Å²) in [5.74, 6) is 0.663. The van der Waals surface area contributed by atoms with E-state index in [1.807, 2.05) is 12.1 Å². The first-order valence-corrected chi connectivity index (χ1v) is 8.87. The lowest BCUT2D eigenvalue weighted by Crippen LogP contribution is -2.50. The van der Waals surface area contributed by atoms with Gasteiger partial charge in [0.2, 0.25) is 0 Å². The van der Waals surface area contributed by atoms with Crippen LogP contribution in [0.15, 0.2) is 24.3 Å². The Hall–Kier alpha value is -0.570. The van der Waals surface area contributed by atoms with Crippen molar-refractivity contribution in [3.8, 4) is 0 Å². The monoisotopic (exact) mass is 306 g/mol. The van der Waals surface area contributed by atoms with Gasteiger partial charge in [-0.05, 0) is 69.3 Å². The summed E-state index contributed by atoms with van der Waals surface area (Å²) in [5, 5.41) is 4.81. The van der Waals surface area contributed by atoms with Crippen LogP contribution >= 0.6 is 11.6 Å². The zero-order chi connectivity index (χ0) is 14.7. The molecule has 116 valence electrons. The van der Waals surface area contributed by atoms with Gasteiger partial charge in [0.15, 0.2) is 0 Å². The van der Waals surface area contributed by atoms with E-state index in [9.17, 15) is 0 Å². The van der Waals surface area contributed by atoms with Crippen molar-refractivity contribution >= 4 is 11.6 Å². The normalized spacial score (nSPS) is 27.5. The lowest BCUT2D eigenvalue weighted by molar-refractivity contribution is 0.171. The minimum atomic E-state index is 0.663. The highest BCUT2D eigenvalue weighted by Gasteiger charge is 2.33. The van der Waals surface area contributed by atoms with Gasteiger partial charge in [-0.15, -0.1) is 0 Å². The third kappa shape index (κ3) is 3.80. The Labute approximate surface area is 133 Å². The van der Waals surface area contributed by atoms with Gasteiger partial charge in [-0.3, -0.25) is 0 Å². The van der Waals surface area contributed by atoms with E-state index in [4.69, 9.17) is 11.6 Å². The molecule has 21 heavy (non-hydrogen) atoms. The van der Waals surface area contributed by atoms with Gasteiger partial charge in [0.25, 0.3) is 0 Å². The molecule has 1 aliphatic heterocycles. The van der Waals surface area contributed by atoms with E-state index in [1.54, 1.807) is 0 Å². The van der Waals surface area contributed by atoms with Crippen LogP contribution in [0.3, 0.4) is 0 Å². The summed E-state index contributed by atoms with van der Waals surface area (Å²) in [7, 11) is 0. The minimum absolute atomic E-state index is 0.663. The fourth-order valence-corrected chi connectivity index (χ4v) is 4.08. The molecule has 3 rings (SSSR count). The van der Waals surface area contributed by atoms with E-state index in [-0.39, 0.29) is 0 Å². The first-order valence-electron chi connectivity index (χ1n) is 8.49. The Bertz CT molecular complexity index is 448. The molecule has 2 fully saturated rings. The van der Waals surface area contributed by atoms with Crippen LogP contribution in [-0.2, 0) is 0 Å². The van der Waals surface area contributed by atoms with Crippen molar-refractivity contribution in [2.24, 2.45) is 0 Å². The van der Waals surface area contributed by atoms with Crippen molar-refractivity contribution in [3.05, 3.63) is 34.9 Å². The molecule has 1 heterocycles. The summed E-state index contributed by atoms with van der Waals surface area (Å²) >= 11 is 6.29. The molecular formula is C18H27ClN2. The van der Waals surface area contributed by atoms with Crippen LogP contribution in [0.5, 0.6) is 0 Å². The molecule has 0 spiro atoms. The van der Waals surface area contributed by atoms with Crippen LogP contribution in [0.1, 0.15) is 50.5 Å². The maximum absolute atomic E-state index is 6.29. The van der Waals surface area contributed by atoms with Crippen LogP contribution in [0, 0.1) is 0 Å². The molecule has 1 aliphatic carbocycles. The lowest BCUT2D eigenvalue weighted by Gasteiger charge is -2.41. The van der Waals surface area contributed by atoms with Crippen molar-refractivity contribution < 1.29 is 0 Å². The summed E-state index contributed by atoms with van der Waals surface area (Å²) in [5.41, 5.74) is 1.34. The van der Waals surface area contributed by atoms with Gasteiger partial charge in [0.1, 0.15) is 0 Å². The Morgan fingerprint density at radius 2 is 1.86 bits per heavy atom. The van der Waals surface area contributed by atoms with E-state index in [1.165, 1.54) is 57.3 Å². The summed E-state index contributed by atoms with van der Waals surface area (Å²) < 4.78 is 0. The van der Waals surface area contributed by atoms with Gasteiger partial charge < -0.3 is 10.2 Å². The molecule has 0 amide bonds. The second kappa shape index (κ2) is 7.13. The molecule has 2 aliphatic rings. The molecule has 1 saturated carbocycles. The fourth-order valence-electron chi connectivity index (χ4n) is 3.79. The predicted molar refractivity (Wildman–Crippen MR) is 90.1 cm³/mol. The number of halogens is 1. The number of nitrogens with zero attached hydrogens (tertiary/aromatic N) is 1. The van der Waals surface area contributed by atoms with Crippen LogP contribution in [0.2, 0.25) is 5.02 Å². The fraction of sp³-hybridized carbons (Fsp3) is 0.667. The molecule has 1 aromatic carbocycles. The Morgan fingerprint density at radius 3 is 2.52 bits per heavy atom. The van der Waals surface area contributed by atoms with E-state index in [0.717, 1.165) is 11.1 Å². The van der Waals surface area contributed by atoms with Gasteiger partial charge in [0, 0.05) is 17.1 Å². The zero-order valence-corrected chi connectivity index (χ0v) is 13.8. The van der Waals surface area contributed by atoms with Crippen molar-refractivity contribution in [2.75, 3.05) is 19.6 Å². The minimum Gasteiger partial charge on any atom is -0.311 e. The molecule has 0 bridgehead atoms. The highest BCUT2D eigenvalue weighted by atomic mass is 35.5. The summed E-state index contributed by atoms with van der Waals surface area (Å²) in [6.07, 6.45) is 6.40. The predicted octanol–water partition coefficient (Wildman–Crippen LogP) is 4.05. The quantitative estimate of drug-likeness (QED) is 0.883. The summed E-state index contributed by atoms with van der Waals surface area (Å²) in [6, 6.07) is 9.76. The number of piperidine rings is 1. The Morgan fingerprint density at radius 1 is 1.14 bits per heavy atom. The molecule has 1 saturated heterocycles. The smallest absolute Gasteiger partial charge is 0.0440 e. The number of hydrogen-bond donors (Lipinski definition) is 1. The number of likely N-dealkylation sites (tertiary alicyclic amines) is 1. The van der Waals surface area contributed by atoms with E-state index in [0.29, 0.717) is 12.0 Å².